The highest BCUT2D eigenvalue weighted by Gasteiger charge is 2.23. The largest absolute Gasteiger partial charge is 0.493 e. The van der Waals surface area contributed by atoms with Crippen LogP contribution in [-0.2, 0) is 4.79 Å². The molecule has 2 aromatic carbocycles. The fraction of sp³-hybridized carbons (Fsp3) is 0.364. The van der Waals surface area contributed by atoms with E-state index in [4.69, 9.17) is 21.1 Å². The van der Waals surface area contributed by atoms with Crippen LogP contribution in [0.1, 0.15) is 36.2 Å². The maximum atomic E-state index is 13.0. The molecule has 0 fully saturated rings. The van der Waals surface area contributed by atoms with Crippen LogP contribution in [0, 0.1) is 12.8 Å². The average molecular weight is 419 g/mol. The van der Waals surface area contributed by atoms with Crippen molar-refractivity contribution in [2.24, 2.45) is 5.92 Å². The fourth-order valence-corrected chi connectivity index (χ4v) is 3.01. The van der Waals surface area contributed by atoms with Gasteiger partial charge in [-0.2, -0.15) is 0 Å². The van der Waals surface area contributed by atoms with Gasteiger partial charge in [-0.3, -0.25) is 9.59 Å². The highest BCUT2D eigenvalue weighted by atomic mass is 35.5. The SMILES string of the molecule is COc1cc(C)c(NC(=O)[C@@H](CC(C)C)NC(=O)c2ccc(Cl)cc2)cc1OC. The van der Waals surface area contributed by atoms with Crippen molar-refractivity contribution in [3.63, 3.8) is 0 Å². The number of rotatable bonds is 8. The van der Waals surface area contributed by atoms with Gasteiger partial charge in [0.15, 0.2) is 11.5 Å². The lowest BCUT2D eigenvalue weighted by atomic mass is 10.0. The second-order valence-electron chi connectivity index (χ2n) is 7.17. The molecule has 7 heteroatoms. The fourth-order valence-electron chi connectivity index (χ4n) is 2.88. The van der Waals surface area contributed by atoms with E-state index in [9.17, 15) is 9.59 Å². The Hall–Kier alpha value is -2.73. The predicted octanol–water partition coefficient (Wildman–Crippen LogP) is 4.45. The van der Waals surface area contributed by atoms with Gasteiger partial charge in [-0.05, 0) is 55.2 Å². The summed E-state index contributed by atoms with van der Waals surface area (Å²) in [6.07, 6.45) is 0.498. The number of hydrogen-bond acceptors (Lipinski definition) is 4. The molecule has 0 bridgehead atoms. The maximum Gasteiger partial charge on any atom is 0.251 e. The Morgan fingerprint density at radius 2 is 1.62 bits per heavy atom. The Morgan fingerprint density at radius 1 is 1.03 bits per heavy atom. The number of halogens is 1. The van der Waals surface area contributed by atoms with Crippen molar-refractivity contribution < 1.29 is 19.1 Å². The van der Waals surface area contributed by atoms with Gasteiger partial charge in [-0.1, -0.05) is 25.4 Å². The molecule has 0 aromatic heterocycles. The van der Waals surface area contributed by atoms with E-state index in [0.29, 0.717) is 34.2 Å². The minimum Gasteiger partial charge on any atom is -0.493 e. The van der Waals surface area contributed by atoms with E-state index in [1.807, 2.05) is 20.8 Å². The molecular weight excluding hydrogens is 392 g/mol. The van der Waals surface area contributed by atoms with E-state index in [1.54, 1.807) is 43.5 Å². The molecule has 0 aliphatic heterocycles. The van der Waals surface area contributed by atoms with Gasteiger partial charge in [0.2, 0.25) is 5.91 Å². The number of carbonyl (C=O) groups excluding carboxylic acids is 2. The molecule has 0 radical (unpaired) electrons. The number of aryl methyl sites for hydroxylation is 1. The number of carbonyl (C=O) groups is 2. The Balaban J connectivity index is 2.20. The molecule has 2 amide bonds. The van der Waals surface area contributed by atoms with Crippen LogP contribution in [0.25, 0.3) is 0 Å². The second kappa shape index (κ2) is 10.2. The monoisotopic (exact) mass is 418 g/mol. The number of methoxy groups -OCH3 is 2. The summed E-state index contributed by atoms with van der Waals surface area (Å²) in [5.74, 6) is 0.683. The first-order valence-corrected chi connectivity index (χ1v) is 9.72. The summed E-state index contributed by atoms with van der Waals surface area (Å²) in [7, 11) is 3.09. The molecule has 29 heavy (non-hydrogen) atoms. The van der Waals surface area contributed by atoms with Gasteiger partial charge in [0.05, 0.1) is 14.2 Å². The second-order valence-corrected chi connectivity index (χ2v) is 7.61. The molecule has 156 valence electrons. The smallest absolute Gasteiger partial charge is 0.251 e. The summed E-state index contributed by atoms with van der Waals surface area (Å²) in [6, 6.07) is 9.34. The van der Waals surface area contributed by atoms with Gasteiger partial charge in [0.25, 0.3) is 5.91 Å². The summed E-state index contributed by atoms with van der Waals surface area (Å²) < 4.78 is 10.6. The van der Waals surface area contributed by atoms with Crippen LogP contribution in [-0.4, -0.2) is 32.1 Å². The van der Waals surface area contributed by atoms with Crippen molar-refractivity contribution >= 4 is 29.1 Å². The van der Waals surface area contributed by atoms with Crippen molar-refractivity contribution in [3.05, 3.63) is 52.5 Å². The van der Waals surface area contributed by atoms with Crippen molar-refractivity contribution in [2.45, 2.75) is 33.2 Å². The number of nitrogens with one attached hydrogen (secondary N) is 2. The molecule has 2 N–H and O–H groups in total. The summed E-state index contributed by atoms with van der Waals surface area (Å²) in [5, 5.41) is 6.27. The first-order chi connectivity index (χ1) is 13.7. The van der Waals surface area contributed by atoms with Crippen LogP contribution < -0.4 is 20.1 Å². The normalized spacial score (nSPS) is 11.7. The lowest BCUT2D eigenvalue weighted by molar-refractivity contribution is -0.118. The van der Waals surface area contributed by atoms with Gasteiger partial charge < -0.3 is 20.1 Å². The molecule has 0 aliphatic rings. The Kier molecular flexibility index (Phi) is 7.91. The highest BCUT2D eigenvalue weighted by molar-refractivity contribution is 6.30. The van der Waals surface area contributed by atoms with Gasteiger partial charge >= 0.3 is 0 Å². The lowest BCUT2D eigenvalue weighted by Crippen LogP contribution is -2.44. The first kappa shape index (κ1) is 22.6. The third-order valence-electron chi connectivity index (χ3n) is 4.42. The predicted molar refractivity (Wildman–Crippen MR) is 115 cm³/mol. The van der Waals surface area contributed by atoms with Crippen molar-refractivity contribution in [1.29, 1.82) is 0 Å². The summed E-state index contributed by atoms with van der Waals surface area (Å²) in [5.41, 5.74) is 1.86. The molecule has 2 rings (SSSR count). The molecule has 6 nitrogen and oxygen atoms in total. The Labute approximate surface area is 176 Å². The average Bonchev–Trinajstić information content (AvgIpc) is 2.68. The van der Waals surface area contributed by atoms with Gasteiger partial charge in [-0.15, -0.1) is 0 Å². The third kappa shape index (κ3) is 6.12. The molecule has 1 atom stereocenters. The number of benzene rings is 2. The zero-order valence-electron chi connectivity index (χ0n) is 17.3. The van der Waals surface area contributed by atoms with E-state index < -0.39 is 6.04 Å². The van der Waals surface area contributed by atoms with Crippen LogP contribution in [0.2, 0.25) is 5.02 Å². The van der Waals surface area contributed by atoms with Crippen LogP contribution in [0.3, 0.4) is 0 Å². The zero-order valence-corrected chi connectivity index (χ0v) is 18.1. The first-order valence-electron chi connectivity index (χ1n) is 9.35. The minimum absolute atomic E-state index is 0.211. The molecular formula is C22H27ClN2O4. The van der Waals surface area contributed by atoms with Crippen molar-refractivity contribution in [3.8, 4) is 11.5 Å². The van der Waals surface area contributed by atoms with E-state index >= 15 is 0 Å². The lowest BCUT2D eigenvalue weighted by Gasteiger charge is -2.21. The van der Waals surface area contributed by atoms with Gasteiger partial charge in [0.1, 0.15) is 6.04 Å². The molecule has 0 saturated carbocycles. The molecule has 0 spiro atoms. The topological polar surface area (TPSA) is 76.7 Å². The van der Waals surface area contributed by atoms with Crippen LogP contribution in [0.15, 0.2) is 36.4 Å². The molecule has 0 heterocycles. The molecule has 2 aromatic rings. The van der Waals surface area contributed by atoms with Crippen LogP contribution >= 0.6 is 11.6 Å². The number of anilines is 1. The number of ether oxygens (including phenoxy) is 2. The van der Waals surface area contributed by atoms with E-state index in [1.165, 1.54) is 7.11 Å². The van der Waals surface area contributed by atoms with Crippen molar-refractivity contribution in [2.75, 3.05) is 19.5 Å². The standard InChI is InChI=1S/C22H27ClN2O4/c1-13(2)10-18(25-21(26)15-6-8-16(23)9-7-15)22(27)24-17-12-20(29-5)19(28-4)11-14(17)3/h6-9,11-13,18H,10H2,1-5H3,(H,24,27)(H,25,26)/t18-/m1/s1. The van der Waals surface area contributed by atoms with Gasteiger partial charge in [-0.25, -0.2) is 0 Å². The summed E-state index contributed by atoms with van der Waals surface area (Å²) >= 11 is 5.88. The third-order valence-corrected chi connectivity index (χ3v) is 4.68. The Bertz CT molecular complexity index is 866. The van der Waals surface area contributed by atoms with Gasteiger partial charge in [0, 0.05) is 22.3 Å². The zero-order chi connectivity index (χ0) is 21.6. The van der Waals surface area contributed by atoms with Crippen molar-refractivity contribution in [1.82, 2.24) is 5.32 Å². The Morgan fingerprint density at radius 3 is 2.17 bits per heavy atom. The maximum absolute atomic E-state index is 13.0. The molecule has 0 saturated heterocycles. The molecule has 0 aliphatic carbocycles. The van der Waals surface area contributed by atoms with E-state index in [0.717, 1.165) is 5.56 Å². The summed E-state index contributed by atoms with van der Waals surface area (Å²) in [6.45, 7) is 5.86. The minimum atomic E-state index is -0.689. The van der Waals surface area contributed by atoms with E-state index in [-0.39, 0.29) is 17.7 Å². The number of hydrogen-bond donors (Lipinski definition) is 2. The van der Waals surface area contributed by atoms with E-state index in [2.05, 4.69) is 10.6 Å². The quantitative estimate of drug-likeness (QED) is 0.664. The van der Waals surface area contributed by atoms with Crippen LogP contribution in [0.4, 0.5) is 5.69 Å². The molecule has 0 unspecified atom stereocenters. The summed E-state index contributed by atoms with van der Waals surface area (Å²) in [4.78, 5) is 25.5. The van der Waals surface area contributed by atoms with Crippen LogP contribution in [0.5, 0.6) is 11.5 Å². The highest BCUT2D eigenvalue weighted by Crippen LogP contribution is 2.33. The number of amides is 2.